The lowest BCUT2D eigenvalue weighted by atomic mass is 10.2. The first-order valence-electron chi connectivity index (χ1n) is 8.06. The van der Waals surface area contributed by atoms with Gasteiger partial charge in [-0.2, -0.15) is 0 Å². The van der Waals surface area contributed by atoms with Crippen LogP contribution < -0.4 is 4.72 Å². The van der Waals surface area contributed by atoms with E-state index in [4.69, 9.17) is 4.42 Å². The van der Waals surface area contributed by atoms with Crippen LogP contribution in [-0.2, 0) is 22.2 Å². The molecule has 1 heterocycles. The van der Waals surface area contributed by atoms with Crippen LogP contribution in [0.1, 0.15) is 17.0 Å². The summed E-state index contributed by atoms with van der Waals surface area (Å²) in [4.78, 5) is 4.48. The van der Waals surface area contributed by atoms with Gasteiger partial charge in [-0.3, -0.25) is 0 Å². The molecule has 3 rings (SSSR count). The van der Waals surface area contributed by atoms with Crippen molar-refractivity contribution in [3.05, 3.63) is 77.7 Å². The highest BCUT2D eigenvalue weighted by Gasteiger charge is 2.14. The second-order valence-electron chi connectivity index (χ2n) is 5.78. The molecular formula is C19H20N2O3S. The van der Waals surface area contributed by atoms with Crippen LogP contribution in [0.3, 0.4) is 0 Å². The van der Waals surface area contributed by atoms with Gasteiger partial charge in [0, 0.05) is 18.5 Å². The third-order valence-electron chi connectivity index (χ3n) is 3.80. The van der Waals surface area contributed by atoms with E-state index in [1.54, 1.807) is 12.1 Å². The van der Waals surface area contributed by atoms with E-state index in [2.05, 4.69) is 9.71 Å². The van der Waals surface area contributed by atoms with E-state index < -0.39 is 10.0 Å². The minimum atomic E-state index is -3.37. The van der Waals surface area contributed by atoms with Crippen molar-refractivity contribution < 1.29 is 12.8 Å². The van der Waals surface area contributed by atoms with Gasteiger partial charge in [-0.25, -0.2) is 18.1 Å². The number of benzene rings is 2. The van der Waals surface area contributed by atoms with Crippen molar-refractivity contribution in [3.8, 4) is 11.5 Å². The molecule has 1 aromatic heterocycles. The fourth-order valence-corrected chi connectivity index (χ4v) is 3.68. The zero-order valence-corrected chi connectivity index (χ0v) is 14.8. The van der Waals surface area contributed by atoms with Crippen LogP contribution in [0.25, 0.3) is 11.5 Å². The van der Waals surface area contributed by atoms with Crippen LogP contribution in [-0.4, -0.2) is 19.9 Å². The van der Waals surface area contributed by atoms with E-state index in [1.165, 1.54) is 0 Å². The van der Waals surface area contributed by atoms with E-state index in [-0.39, 0.29) is 12.3 Å². The van der Waals surface area contributed by atoms with Gasteiger partial charge in [0.1, 0.15) is 5.76 Å². The largest absolute Gasteiger partial charge is 0.441 e. The highest BCUT2D eigenvalue weighted by molar-refractivity contribution is 7.88. The zero-order chi connectivity index (χ0) is 17.7. The lowest BCUT2D eigenvalue weighted by Crippen LogP contribution is -2.27. The van der Waals surface area contributed by atoms with E-state index in [1.807, 2.05) is 55.5 Å². The Morgan fingerprint density at radius 1 is 1.00 bits per heavy atom. The summed E-state index contributed by atoms with van der Waals surface area (Å²) >= 11 is 0. The van der Waals surface area contributed by atoms with Gasteiger partial charge in [-0.15, -0.1) is 0 Å². The van der Waals surface area contributed by atoms with Gasteiger partial charge in [0.2, 0.25) is 15.9 Å². The van der Waals surface area contributed by atoms with Crippen LogP contribution in [0.5, 0.6) is 0 Å². The Labute approximate surface area is 147 Å². The van der Waals surface area contributed by atoms with Gasteiger partial charge >= 0.3 is 0 Å². The maximum Gasteiger partial charge on any atom is 0.226 e. The number of rotatable bonds is 7. The van der Waals surface area contributed by atoms with E-state index in [9.17, 15) is 8.42 Å². The van der Waals surface area contributed by atoms with Crippen molar-refractivity contribution in [2.24, 2.45) is 0 Å². The fourth-order valence-electron chi connectivity index (χ4n) is 2.53. The predicted octanol–water partition coefficient (Wildman–Crippen LogP) is 3.31. The van der Waals surface area contributed by atoms with Gasteiger partial charge in [0.25, 0.3) is 0 Å². The standard InChI is InChI=1S/C19H20N2O3S/c1-15-18(21-19(24-15)17-10-6-3-7-11-17)12-13-20-25(22,23)14-16-8-4-2-5-9-16/h2-11,20H,12-14H2,1H3. The third-order valence-corrected chi connectivity index (χ3v) is 5.15. The summed E-state index contributed by atoms with van der Waals surface area (Å²) in [6, 6.07) is 18.8. The fraction of sp³-hybridized carbons (Fsp3) is 0.211. The number of nitrogens with one attached hydrogen (secondary N) is 1. The topological polar surface area (TPSA) is 72.2 Å². The molecule has 1 N–H and O–H groups in total. The van der Waals surface area contributed by atoms with Crippen LogP contribution in [0, 0.1) is 6.92 Å². The van der Waals surface area contributed by atoms with Crippen molar-refractivity contribution in [3.63, 3.8) is 0 Å². The van der Waals surface area contributed by atoms with Crippen LogP contribution >= 0.6 is 0 Å². The lowest BCUT2D eigenvalue weighted by molar-refractivity contribution is 0.538. The van der Waals surface area contributed by atoms with E-state index >= 15 is 0 Å². The normalized spacial score (nSPS) is 11.6. The summed E-state index contributed by atoms with van der Waals surface area (Å²) in [7, 11) is -3.37. The minimum absolute atomic E-state index is 0.0269. The molecule has 0 fully saturated rings. The molecule has 130 valence electrons. The Kier molecular flexibility index (Phi) is 5.31. The Morgan fingerprint density at radius 3 is 2.32 bits per heavy atom. The molecule has 3 aromatic rings. The summed E-state index contributed by atoms with van der Waals surface area (Å²) in [6.45, 7) is 2.13. The molecule has 0 atom stereocenters. The van der Waals surface area contributed by atoms with Crippen LogP contribution in [0.15, 0.2) is 65.1 Å². The van der Waals surface area contributed by atoms with Crippen molar-refractivity contribution in [2.75, 3.05) is 6.54 Å². The summed E-state index contributed by atoms with van der Waals surface area (Å²) in [5.41, 5.74) is 2.43. The molecule has 0 spiro atoms. The molecule has 0 radical (unpaired) electrons. The monoisotopic (exact) mass is 356 g/mol. The first-order chi connectivity index (χ1) is 12.0. The molecule has 0 saturated heterocycles. The molecule has 25 heavy (non-hydrogen) atoms. The molecule has 0 aliphatic heterocycles. The number of sulfonamides is 1. The van der Waals surface area contributed by atoms with Crippen molar-refractivity contribution in [1.82, 2.24) is 9.71 Å². The van der Waals surface area contributed by atoms with E-state index in [0.717, 1.165) is 16.8 Å². The zero-order valence-electron chi connectivity index (χ0n) is 14.0. The molecule has 0 aliphatic carbocycles. The number of aromatic nitrogens is 1. The van der Waals surface area contributed by atoms with Gasteiger partial charge in [-0.1, -0.05) is 48.5 Å². The van der Waals surface area contributed by atoms with Gasteiger partial charge < -0.3 is 4.42 Å². The van der Waals surface area contributed by atoms with Crippen molar-refractivity contribution in [1.29, 1.82) is 0 Å². The summed E-state index contributed by atoms with van der Waals surface area (Å²) in [6.07, 6.45) is 0.482. The molecule has 6 heteroatoms. The lowest BCUT2D eigenvalue weighted by Gasteiger charge is -2.06. The molecular weight excluding hydrogens is 336 g/mol. The second kappa shape index (κ2) is 7.63. The van der Waals surface area contributed by atoms with Crippen molar-refractivity contribution in [2.45, 2.75) is 19.1 Å². The maximum atomic E-state index is 12.1. The summed E-state index contributed by atoms with van der Waals surface area (Å²) in [5.74, 6) is 1.24. The number of hydrogen-bond donors (Lipinski definition) is 1. The Hall–Kier alpha value is -2.44. The first-order valence-corrected chi connectivity index (χ1v) is 9.72. The SMILES string of the molecule is Cc1oc(-c2ccccc2)nc1CCNS(=O)(=O)Cc1ccccc1. The average Bonchev–Trinajstić information content (AvgIpc) is 2.97. The molecule has 0 amide bonds. The Morgan fingerprint density at radius 2 is 1.64 bits per heavy atom. The quantitative estimate of drug-likeness (QED) is 0.705. The van der Waals surface area contributed by atoms with Gasteiger partial charge in [-0.05, 0) is 24.6 Å². The molecule has 0 saturated carbocycles. The molecule has 0 aliphatic rings. The smallest absolute Gasteiger partial charge is 0.226 e. The molecule has 0 unspecified atom stereocenters. The summed E-state index contributed by atoms with van der Waals surface area (Å²) < 4.78 is 32.6. The number of aryl methyl sites for hydroxylation is 1. The molecule has 0 bridgehead atoms. The Balaban J connectivity index is 1.60. The van der Waals surface area contributed by atoms with E-state index in [0.29, 0.717) is 18.1 Å². The molecule has 5 nitrogen and oxygen atoms in total. The minimum Gasteiger partial charge on any atom is -0.441 e. The third kappa shape index (κ3) is 4.78. The first kappa shape index (κ1) is 17.4. The van der Waals surface area contributed by atoms with Crippen LogP contribution in [0.2, 0.25) is 0 Å². The van der Waals surface area contributed by atoms with Crippen molar-refractivity contribution >= 4 is 10.0 Å². The second-order valence-corrected chi connectivity index (χ2v) is 7.58. The number of oxazole rings is 1. The predicted molar refractivity (Wildman–Crippen MR) is 97.4 cm³/mol. The van der Waals surface area contributed by atoms with Gasteiger partial charge in [0.15, 0.2) is 0 Å². The van der Waals surface area contributed by atoms with Gasteiger partial charge in [0.05, 0.1) is 11.4 Å². The summed E-state index contributed by atoms with van der Waals surface area (Å²) in [5, 5.41) is 0. The number of nitrogens with zero attached hydrogens (tertiary/aromatic N) is 1. The van der Waals surface area contributed by atoms with Crippen LogP contribution in [0.4, 0.5) is 0 Å². The Bertz CT molecular complexity index is 920. The molecule has 2 aromatic carbocycles. The highest BCUT2D eigenvalue weighted by atomic mass is 32.2. The maximum absolute atomic E-state index is 12.1. The highest BCUT2D eigenvalue weighted by Crippen LogP contribution is 2.21. The number of hydrogen-bond acceptors (Lipinski definition) is 4. The average molecular weight is 356 g/mol.